The fraction of sp³-hybridized carbons (Fsp3) is 0.133. The SMILES string of the molecule is Cc1[nH]cnc1-c1nc(-c2cn(C)c3ccccc23)no1. The van der Waals surface area contributed by atoms with Gasteiger partial charge in [-0.2, -0.15) is 4.98 Å². The van der Waals surface area contributed by atoms with Gasteiger partial charge in [-0.3, -0.25) is 0 Å². The Labute approximate surface area is 120 Å². The lowest BCUT2D eigenvalue weighted by atomic mass is 10.2. The Balaban J connectivity index is 1.87. The molecule has 21 heavy (non-hydrogen) atoms. The average Bonchev–Trinajstić information content (AvgIpc) is 3.18. The lowest BCUT2D eigenvalue weighted by Crippen LogP contribution is -1.83. The largest absolute Gasteiger partial charge is 0.350 e. The molecule has 0 saturated carbocycles. The van der Waals surface area contributed by atoms with Crippen molar-refractivity contribution < 1.29 is 4.52 Å². The number of nitrogens with one attached hydrogen (secondary N) is 1. The molecule has 0 unspecified atom stereocenters. The maximum Gasteiger partial charge on any atom is 0.278 e. The number of H-pyrrole nitrogens is 1. The molecule has 0 fully saturated rings. The summed E-state index contributed by atoms with van der Waals surface area (Å²) in [6, 6.07) is 8.14. The highest BCUT2D eigenvalue weighted by Gasteiger charge is 2.17. The minimum atomic E-state index is 0.427. The van der Waals surface area contributed by atoms with Crippen LogP contribution in [-0.2, 0) is 7.05 Å². The van der Waals surface area contributed by atoms with Crippen LogP contribution in [-0.4, -0.2) is 24.7 Å². The van der Waals surface area contributed by atoms with E-state index in [-0.39, 0.29) is 0 Å². The molecule has 0 radical (unpaired) electrons. The highest BCUT2D eigenvalue weighted by atomic mass is 16.5. The first-order chi connectivity index (χ1) is 10.2. The topological polar surface area (TPSA) is 72.5 Å². The summed E-state index contributed by atoms with van der Waals surface area (Å²) in [6.07, 6.45) is 3.63. The van der Waals surface area contributed by atoms with Gasteiger partial charge in [-0.1, -0.05) is 23.4 Å². The number of aryl methyl sites for hydroxylation is 2. The highest BCUT2D eigenvalue weighted by molar-refractivity contribution is 5.94. The zero-order valence-electron chi connectivity index (χ0n) is 11.7. The summed E-state index contributed by atoms with van der Waals surface area (Å²) in [7, 11) is 2.00. The zero-order valence-corrected chi connectivity index (χ0v) is 11.7. The molecule has 0 saturated heterocycles. The van der Waals surface area contributed by atoms with E-state index in [2.05, 4.69) is 36.8 Å². The van der Waals surface area contributed by atoms with Gasteiger partial charge in [0, 0.05) is 35.4 Å². The van der Waals surface area contributed by atoms with E-state index in [0.717, 1.165) is 22.2 Å². The first-order valence-electron chi connectivity index (χ1n) is 6.62. The molecule has 1 N–H and O–H groups in total. The molecule has 0 aliphatic carbocycles. The molecular weight excluding hydrogens is 266 g/mol. The molecule has 0 spiro atoms. The van der Waals surface area contributed by atoms with E-state index in [1.807, 2.05) is 32.3 Å². The fourth-order valence-corrected chi connectivity index (χ4v) is 2.52. The summed E-state index contributed by atoms with van der Waals surface area (Å²) in [6.45, 7) is 1.92. The molecule has 6 nitrogen and oxygen atoms in total. The van der Waals surface area contributed by atoms with E-state index in [4.69, 9.17) is 4.52 Å². The maximum atomic E-state index is 5.35. The second kappa shape index (κ2) is 4.31. The third-order valence-electron chi connectivity index (χ3n) is 3.60. The third-order valence-corrected chi connectivity index (χ3v) is 3.60. The predicted octanol–water partition coefficient (Wildman–Crippen LogP) is 2.93. The highest BCUT2D eigenvalue weighted by Crippen LogP contribution is 2.29. The van der Waals surface area contributed by atoms with Crippen LogP contribution in [0, 0.1) is 6.92 Å². The Kier molecular flexibility index (Phi) is 2.44. The number of aromatic nitrogens is 5. The fourth-order valence-electron chi connectivity index (χ4n) is 2.52. The number of rotatable bonds is 2. The first-order valence-corrected chi connectivity index (χ1v) is 6.62. The first kappa shape index (κ1) is 11.9. The lowest BCUT2D eigenvalue weighted by Gasteiger charge is -1.93. The number of imidazole rings is 1. The van der Waals surface area contributed by atoms with Crippen LogP contribution in [0.15, 0.2) is 41.3 Å². The molecule has 0 aliphatic rings. The minimum Gasteiger partial charge on any atom is -0.350 e. The second-order valence-corrected chi connectivity index (χ2v) is 4.97. The molecule has 4 aromatic rings. The predicted molar refractivity (Wildman–Crippen MR) is 78.5 cm³/mol. The van der Waals surface area contributed by atoms with E-state index >= 15 is 0 Å². The van der Waals surface area contributed by atoms with Crippen LogP contribution in [0.3, 0.4) is 0 Å². The van der Waals surface area contributed by atoms with Crippen molar-refractivity contribution >= 4 is 10.9 Å². The van der Waals surface area contributed by atoms with E-state index < -0.39 is 0 Å². The van der Waals surface area contributed by atoms with Crippen LogP contribution >= 0.6 is 0 Å². The van der Waals surface area contributed by atoms with Crippen LogP contribution < -0.4 is 0 Å². The molecular formula is C15H13N5O. The van der Waals surface area contributed by atoms with Crippen molar-refractivity contribution in [2.45, 2.75) is 6.92 Å². The Morgan fingerprint density at radius 1 is 1.24 bits per heavy atom. The smallest absolute Gasteiger partial charge is 0.278 e. The van der Waals surface area contributed by atoms with Crippen molar-refractivity contribution in [3.8, 4) is 23.0 Å². The van der Waals surface area contributed by atoms with Gasteiger partial charge in [0.05, 0.1) is 6.33 Å². The maximum absolute atomic E-state index is 5.35. The van der Waals surface area contributed by atoms with Gasteiger partial charge in [0.15, 0.2) is 0 Å². The van der Waals surface area contributed by atoms with Gasteiger partial charge in [-0.25, -0.2) is 4.98 Å². The van der Waals surface area contributed by atoms with E-state index in [1.54, 1.807) is 6.33 Å². The van der Waals surface area contributed by atoms with Crippen LogP contribution in [0.5, 0.6) is 0 Å². The average molecular weight is 279 g/mol. The summed E-state index contributed by atoms with van der Waals surface area (Å²) in [5.74, 6) is 1.00. The number of hydrogen-bond acceptors (Lipinski definition) is 4. The van der Waals surface area contributed by atoms with Crippen molar-refractivity contribution in [2.24, 2.45) is 7.05 Å². The van der Waals surface area contributed by atoms with Crippen molar-refractivity contribution in [1.29, 1.82) is 0 Å². The minimum absolute atomic E-state index is 0.427. The second-order valence-electron chi connectivity index (χ2n) is 4.97. The summed E-state index contributed by atoms with van der Waals surface area (Å²) in [5, 5.41) is 5.20. The van der Waals surface area contributed by atoms with Gasteiger partial charge in [0.1, 0.15) is 5.69 Å². The summed E-state index contributed by atoms with van der Waals surface area (Å²) in [5.41, 5.74) is 3.68. The third kappa shape index (κ3) is 1.76. The zero-order chi connectivity index (χ0) is 14.4. The van der Waals surface area contributed by atoms with Crippen molar-refractivity contribution in [3.63, 3.8) is 0 Å². The number of para-hydroxylation sites is 1. The molecule has 6 heteroatoms. The molecule has 4 rings (SSSR count). The van der Waals surface area contributed by atoms with E-state index in [0.29, 0.717) is 17.4 Å². The molecule has 0 atom stereocenters. The van der Waals surface area contributed by atoms with Gasteiger partial charge in [0.25, 0.3) is 5.89 Å². The molecule has 3 heterocycles. The molecule has 1 aromatic carbocycles. The van der Waals surface area contributed by atoms with Crippen molar-refractivity contribution in [3.05, 3.63) is 42.5 Å². The lowest BCUT2D eigenvalue weighted by molar-refractivity contribution is 0.431. The Bertz CT molecular complexity index is 931. The standard InChI is InChI=1S/C15H13N5O/c1-9-13(17-8-16-9)15-18-14(19-21-15)11-7-20(2)12-6-4-3-5-10(11)12/h3-8H,1-2H3,(H,16,17). The number of aromatic amines is 1. The number of nitrogens with zero attached hydrogens (tertiary/aromatic N) is 4. The molecule has 3 aromatic heterocycles. The van der Waals surface area contributed by atoms with Gasteiger partial charge in [-0.05, 0) is 13.0 Å². The molecule has 104 valence electrons. The molecule has 0 amide bonds. The summed E-state index contributed by atoms with van der Waals surface area (Å²) >= 11 is 0. The number of hydrogen-bond donors (Lipinski definition) is 1. The number of fused-ring (bicyclic) bond motifs is 1. The normalized spacial score (nSPS) is 11.3. The summed E-state index contributed by atoms with van der Waals surface area (Å²) < 4.78 is 7.41. The van der Waals surface area contributed by atoms with Crippen LogP contribution in [0.1, 0.15) is 5.69 Å². The van der Waals surface area contributed by atoms with Crippen LogP contribution in [0.2, 0.25) is 0 Å². The van der Waals surface area contributed by atoms with E-state index in [9.17, 15) is 0 Å². The number of benzene rings is 1. The Morgan fingerprint density at radius 3 is 2.90 bits per heavy atom. The van der Waals surface area contributed by atoms with E-state index in [1.165, 1.54) is 0 Å². The van der Waals surface area contributed by atoms with Gasteiger partial charge >= 0.3 is 0 Å². The van der Waals surface area contributed by atoms with Gasteiger partial charge in [-0.15, -0.1) is 0 Å². The summed E-state index contributed by atoms with van der Waals surface area (Å²) in [4.78, 5) is 11.7. The van der Waals surface area contributed by atoms with Gasteiger partial charge < -0.3 is 14.1 Å². The van der Waals surface area contributed by atoms with Crippen LogP contribution in [0.4, 0.5) is 0 Å². The van der Waals surface area contributed by atoms with Crippen molar-refractivity contribution in [2.75, 3.05) is 0 Å². The Morgan fingerprint density at radius 2 is 2.10 bits per heavy atom. The molecule has 0 aliphatic heterocycles. The van der Waals surface area contributed by atoms with Crippen LogP contribution in [0.25, 0.3) is 33.9 Å². The van der Waals surface area contributed by atoms with Gasteiger partial charge in [0.2, 0.25) is 5.82 Å². The Hall–Kier alpha value is -2.89. The molecule has 0 bridgehead atoms. The van der Waals surface area contributed by atoms with Crippen molar-refractivity contribution in [1.82, 2.24) is 24.7 Å². The quantitative estimate of drug-likeness (QED) is 0.612. The monoisotopic (exact) mass is 279 g/mol.